The second-order valence-corrected chi connectivity index (χ2v) is 7.17. The Morgan fingerprint density at radius 3 is 2.32 bits per heavy atom. The first-order valence-electron chi connectivity index (χ1n) is 8.20. The molecule has 6 heteroatoms. The third-order valence-corrected chi connectivity index (χ3v) is 4.70. The molecule has 0 saturated carbocycles. The van der Waals surface area contributed by atoms with Crippen LogP contribution in [0.25, 0.3) is 11.6 Å². The van der Waals surface area contributed by atoms with Gasteiger partial charge in [-0.2, -0.15) is 5.26 Å². The molecule has 0 aliphatic carbocycles. The largest absolute Gasteiger partial charge is 0.488 e. The van der Waals surface area contributed by atoms with Crippen LogP contribution in [0.5, 0.6) is 5.75 Å². The maximum atomic E-state index is 13.0. The standard InChI is InChI=1S/C22H13Cl3FNO/c23-17-4-8-22(28-13-14-1-5-19(26)6-2-14)15(10-17)9-16(12-27)20-7-3-18(24)11-21(20)25/h1-11H,13H2/b16-9+. The third kappa shape index (κ3) is 5.05. The number of hydrogen-bond donors (Lipinski definition) is 0. The van der Waals surface area contributed by atoms with Crippen LogP contribution < -0.4 is 4.74 Å². The SMILES string of the molecule is N#C/C(=C\c1cc(Cl)ccc1OCc1ccc(F)cc1)c1ccc(Cl)cc1Cl. The molecule has 0 bridgehead atoms. The highest BCUT2D eigenvalue weighted by molar-refractivity contribution is 6.36. The quantitative estimate of drug-likeness (QED) is 0.310. The lowest BCUT2D eigenvalue weighted by atomic mass is 10.0. The number of ether oxygens (including phenoxy) is 1. The van der Waals surface area contributed by atoms with Gasteiger partial charge in [-0.3, -0.25) is 0 Å². The molecule has 3 aromatic carbocycles. The molecule has 0 amide bonds. The minimum Gasteiger partial charge on any atom is -0.488 e. The second kappa shape index (κ2) is 9.12. The Balaban J connectivity index is 1.93. The van der Waals surface area contributed by atoms with Gasteiger partial charge >= 0.3 is 0 Å². The predicted octanol–water partition coefficient (Wildman–Crippen LogP) is 7.43. The van der Waals surface area contributed by atoms with Crippen molar-refractivity contribution in [2.75, 3.05) is 0 Å². The van der Waals surface area contributed by atoms with Crippen LogP contribution in [0.1, 0.15) is 16.7 Å². The molecular formula is C22H13Cl3FNO. The number of hydrogen-bond acceptors (Lipinski definition) is 2. The Kier molecular flexibility index (Phi) is 6.59. The van der Waals surface area contributed by atoms with Gasteiger partial charge in [-0.1, -0.05) is 53.0 Å². The summed E-state index contributed by atoms with van der Waals surface area (Å²) in [6.45, 7) is 0.242. The van der Waals surface area contributed by atoms with E-state index in [2.05, 4.69) is 6.07 Å². The van der Waals surface area contributed by atoms with Gasteiger partial charge in [-0.15, -0.1) is 0 Å². The number of allylic oxidation sites excluding steroid dienone is 1. The minimum atomic E-state index is -0.308. The van der Waals surface area contributed by atoms with Crippen LogP contribution in [-0.2, 0) is 6.61 Å². The van der Waals surface area contributed by atoms with Crippen molar-refractivity contribution in [3.8, 4) is 11.8 Å². The van der Waals surface area contributed by atoms with Gasteiger partial charge in [0.1, 0.15) is 18.2 Å². The lowest BCUT2D eigenvalue weighted by Gasteiger charge is -2.11. The highest BCUT2D eigenvalue weighted by Crippen LogP contribution is 2.31. The van der Waals surface area contributed by atoms with E-state index in [1.165, 1.54) is 12.1 Å². The number of nitrogens with zero attached hydrogens (tertiary/aromatic N) is 1. The van der Waals surface area contributed by atoms with Crippen molar-refractivity contribution in [2.24, 2.45) is 0 Å². The zero-order valence-electron chi connectivity index (χ0n) is 14.4. The lowest BCUT2D eigenvalue weighted by Crippen LogP contribution is -1.97. The Labute approximate surface area is 177 Å². The molecule has 0 spiro atoms. The van der Waals surface area contributed by atoms with Gasteiger partial charge in [0.2, 0.25) is 0 Å². The third-order valence-electron chi connectivity index (χ3n) is 3.92. The molecular weight excluding hydrogens is 420 g/mol. The van der Waals surface area contributed by atoms with Gasteiger partial charge in [-0.25, -0.2) is 4.39 Å². The summed E-state index contributed by atoms with van der Waals surface area (Å²) in [5.74, 6) is 0.226. The molecule has 2 nitrogen and oxygen atoms in total. The highest BCUT2D eigenvalue weighted by Gasteiger charge is 2.10. The highest BCUT2D eigenvalue weighted by atomic mass is 35.5. The van der Waals surface area contributed by atoms with Crippen LogP contribution >= 0.6 is 34.8 Å². The molecule has 0 aliphatic rings. The smallest absolute Gasteiger partial charge is 0.127 e. The molecule has 3 rings (SSSR count). The molecule has 0 saturated heterocycles. The second-order valence-electron chi connectivity index (χ2n) is 5.89. The molecule has 0 heterocycles. The summed E-state index contributed by atoms with van der Waals surface area (Å²) in [4.78, 5) is 0. The average molecular weight is 433 g/mol. The zero-order chi connectivity index (χ0) is 20.1. The first-order valence-corrected chi connectivity index (χ1v) is 9.33. The van der Waals surface area contributed by atoms with E-state index in [0.29, 0.717) is 37.5 Å². The monoisotopic (exact) mass is 431 g/mol. The molecule has 0 aliphatic heterocycles. The van der Waals surface area contributed by atoms with Gasteiger partial charge in [0.25, 0.3) is 0 Å². The topological polar surface area (TPSA) is 33.0 Å². The Morgan fingerprint density at radius 1 is 0.964 bits per heavy atom. The van der Waals surface area contributed by atoms with Gasteiger partial charge in [-0.05, 0) is 54.1 Å². The minimum absolute atomic E-state index is 0.242. The summed E-state index contributed by atoms with van der Waals surface area (Å²) in [6.07, 6.45) is 1.65. The van der Waals surface area contributed by atoms with Gasteiger partial charge in [0.15, 0.2) is 0 Å². The Morgan fingerprint density at radius 2 is 1.64 bits per heavy atom. The van der Waals surface area contributed by atoms with Crippen LogP contribution in [0.15, 0.2) is 60.7 Å². The zero-order valence-corrected chi connectivity index (χ0v) is 16.7. The summed E-state index contributed by atoms with van der Waals surface area (Å²) >= 11 is 18.3. The molecule has 0 N–H and O–H groups in total. The maximum absolute atomic E-state index is 13.0. The average Bonchev–Trinajstić information content (AvgIpc) is 2.67. The van der Waals surface area contributed by atoms with Crippen LogP contribution in [-0.4, -0.2) is 0 Å². The fraction of sp³-hybridized carbons (Fsp3) is 0.0455. The van der Waals surface area contributed by atoms with E-state index in [-0.39, 0.29) is 12.4 Å². The molecule has 0 radical (unpaired) electrons. The fourth-order valence-electron chi connectivity index (χ4n) is 2.54. The van der Waals surface area contributed by atoms with Gasteiger partial charge in [0, 0.05) is 21.2 Å². The lowest BCUT2D eigenvalue weighted by molar-refractivity contribution is 0.305. The fourth-order valence-corrected chi connectivity index (χ4v) is 3.23. The first-order chi connectivity index (χ1) is 13.5. The van der Waals surface area contributed by atoms with E-state index in [1.54, 1.807) is 54.6 Å². The Hall–Kier alpha value is -2.51. The van der Waals surface area contributed by atoms with Gasteiger partial charge in [0.05, 0.1) is 16.7 Å². The molecule has 0 fully saturated rings. The van der Waals surface area contributed by atoms with Crippen LogP contribution in [0.4, 0.5) is 4.39 Å². The van der Waals surface area contributed by atoms with Crippen molar-refractivity contribution in [1.29, 1.82) is 5.26 Å². The summed E-state index contributed by atoms with van der Waals surface area (Å²) < 4.78 is 18.9. The molecule has 0 atom stereocenters. The van der Waals surface area contributed by atoms with Crippen molar-refractivity contribution < 1.29 is 9.13 Å². The van der Waals surface area contributed by atoms with E-state index < -0.39 is 0 Å². The molecule has 0 unspecified atom stereocenters. The van der Waals surface area contributed by atoms with Crippen molar-refractivity contribution in [3.05, 3.63) is 98.2 Å². The van der Waals surface area contributed by atoms with E-state index in [4.69, 9.17) is 39.5 Å². The molecule has 3 aromatic rings. The van der Waals surface area contributed by atoms with Crippen molar-refractivity contribution >= 4 is 46.5 Å². The van der Waals surface area contributed by atoms with Crippen LogP contribution in [0, 0.1) is 17.1 Å². The number of benzene rings is 3. The normalized spacial score (nSPS) is 11.2. The van der Waals surface area contributed by atoms with E-state index in [1.807, 2.05) is 0 Å². The van der Waals surface area contributed by atoms with E-state index in [0.717, 1.165) is 5.56 Å². The molecule has 140 valence electrons. The van der Waals surface area contributed by atoms with E-state index in [9.17, 15) is 9.65 Å². The number of rotatable bonds is 5. The molecule has 28 heavy (non-hydrogen) atoms. The van der Waals surface area contributed by atoms with Crippen molar-refractivity contribution in [2.45, 2.75) is 6.61 Å². The van der Waals surface area contributed by atoms with Crippen LogP contribution in [0.2, 0.25) is 15.1 Å². The summed E-state index contributed by atoms with van der Waals surface area (Å²) in [5.41, 5.74) is 2.33. The van der Waals surface area contributed by atoms with Crippen molar-refractivity contribution in [3.63, 3.8) is 0 Å². The number of nitriles is 1. The summed E-state index contributed by atoms with van der Waals surface area (Å²) in [6, 6.07) is 18.2. The summed E-state index contributed by atoms with van der Waals surface area (Å²) in [5, 5.41) is 11.0. The number of halogens is 4. The molecule has 0 aromatic heterocycles. The van der Waals surface area contributed by atoms with Crippen LogP contribution in [0.3, 0.4) is 0 Å². The Bertz CT molecular complexity index is 1070. The predicted molar refractivity (Wildman–Crippen MR) is 112 cm³/mol. The van der Waals surface area contributed by atoms with Crippen molar-refractivity contribution in [1.82, 2.24) is 0 Å². The maximum Gasteiger partial charge on any atom is 0.127 e. The first kappa shape index (κ1) is 20.2. The summed E-state index contributed by atoms with van der Waals surface area (Å²) in [7, 11) is 0. The van der Waals surface area contributed by atoms with E-state index >= 15 is 0 Å². The van der Waals surface area contributed by atoms with Gasteiger partial charge < -0.3 is 4.74 Å².